The topological polar surface area (TPSA) is 0 Å². The Labute approximate surface area is 810 Å². The van der Waals surface area contributed by atoms with Crippen molar-refractivity contribution in [3.8, 4) is 100 Å². The average Bonchev–Trinajstić information content (AvgIpc) is 0.708. The molecule has 702 valence electrons. The van der Waals surface area contributed by atoms with Crippen LogP contribution < -0.4 is 0 Å². The molecule has 0 aromatic heterocycles. The van der Waals surface area contributed by atoms with Crippen molar-refractivity contribution in [1.82, 2.24) is 0 Å². The summed E-state index contributed by atoms with van der Waals surface area (Å²) in [6.07, 6.45) is -27.7. The zero-order valence-corrected chi connectivity index (χ0v) is 75.4. The molecule has 0 amide bonds. The number of hydrogen-bond donors (Lipinski definition) is 0. The average molecular weight is 1930 g/mol. The Morgan fingerprint density at radius 1 is 0.104 bits per heavy atom. The van der Waals surface area contributed by atoms with Crippen LogP contribution in [0.3, 0.4) is 0 Å². The van der Waals surface area contributed by atoms with Crippen LogP contribution in [-0.2, 0) is 37.1 Å². The Bertz CT molecular complexity index is 9230. The summed E-state index contributed by atoms with van der Waals surface area (Å²) in [7, 11) is 0. The minimum absolute atomic E-state index is 0.304. The number of hydrogen-bond acceptors (Lipinski definition) is 0. The molecule has 0 aliphatic carbocycles. The molecule has 24 aromatic rings. The summed E-state index contributed by atoms with van der Waals surface area (Å²) >= 11 is 0. The van der Waals surface area contributed by atoms with Gasteiger partial charge in [-0.3, -0.25) is 0 Å². The van der Waals surface area contributed by atoms with E-state index in [1.807, 2.05) is 322 Å². The highest BCUT2D eigenvalue weighted by Crippen LogP contribution is 2.55. The van der Waals surface area contributed by atoms with Gasteiger partial charge in [-0.15, -0.1) is 0 Å². The fourth-order valence-electron chi connectivity index (χ4n) is 20.6. The zero-order chi connectivity index (χ0) is 99.6. The van der Waals surface area contributed by atoms with Crippen LogP contribution in [0.1, 0.15) is 33.4 Å². The van der Waals surface area contributed by atoms with E-state index < -0.39 is 70.4 Å². The highest BCUT2D eigenvalue weighted by molar-refractivity contribution is 6.27. The van der Waals surface area contributed by atoms with Gasteiger partial charge in [0.15, 0.2) is 0 Å². The summed E-state index contributed by atoms with van der Waals surface area (Å²) in [6.45, 7) is 0. The lowest BCUT2D eigenvalue weighted by Crippen LogP contribution is -2.06. The molecule has 0 aliphatic heterocycles. The third kappa shape index (κ3) is 17.2. The molecule has 0 saturated carbocycles. The van der Waals surface area contributed by atoms with E-state index in [0.29, 0.717) is 131 Å². The first-order chi connectivity index (χ1) is 69.2. The molecule has 24 rings (SSSR count). The number of benzene rings is 24. The molecular formula is C126H72F18. The Morgan fingerprint density at radius 2 is 0.299 bits per heavy atom. The summed E-state index contributed by atoms with van der Waals surface area (Å²) in [6, 6.07) is 125. The molecule has 24 aromatic carbocycles. The van der Waals surface area contributed by atoms with Crippen LogP contribution in [-0.4, -0.2) is 0 Å². The van der Waals surface area contributed by atoms with Crippen molar-refractivity contribution in [2.45, 2.75) is 37.1 Å². The lowest BCUT2D eigenvalue weighted by atomic mass is 9.83. The predicted octanol–water partition coefficient (Wildman–Crippen LogP) is 40.0. The van der Waals surface area contributed by atoms with Crippen molar-refractivity contribution in [2.75, 3.05) is 0 Å². The molecule has 0 fully saturated rings. The predicted molar refractivity (Wildman–Crippen MR) is 548 cm³/mol. The van der Waals surface area contributed by atoms with Crippen molar-refractivity contribution < 1.29 is 79.0 Å². The first-order valence-electron chi connectivity index (χ1n) is 46.0. The normalized spacial score (nSPS) is 12.4. The van der Waals surface area contributed by atoms with Gasteiger partial charge in [-0.25, -0.2) is 0 Å². The van der Waals surface area contributed by atoms with Crippen LogP contribution in [0.25, 0.3) is 229 Å². The van der Waals surface area contributed by atoms with Gasteiger partial charge < -0.3 is 0 Å². The monoisotopic (exact) mass is 1930 g/mol. The Kier molecular flexibility index (Phi) is 22.9. The molecule has 0 heterocycles. The van der Waals surface area contributed by atoms with Crippen molar-refractivity contribution in [3.05, 3.63) is 470 Å². The highest BCUT2D eigenvalue weighted by Gasteiger charge is 2.39. The molecule has 0 saturated heterocycles. The highest BCUT2D eigenvalue weighted by atomic mass is 19.4. The minimum atomic E-state index is -4.63. The van der Waals surface area contributed by atoms with Gasteiger partial charge >= 0.3 is 37.1 Å². The van der Waals surface area contributed by atoms with Crippen LogP contribution in [0.5, 0.6) is 0 Å². The third-order valence-electron chi connectivity index (χ3n) is 27.3. The standard InChI is InChI=1S/3C42H24F6/c43-41(44,45)29-20-22-36-37(23-29)39(28-17-15-27(16-18-28)32-13-5-9-25-7-1-3-11-31(25)32)35-21-19-30(42(46,47)48)24-38(35)40(36)34-14-6-10-26-8-2-4-12-33(26)34;43-41(44,45)31-19-21-36-37(23-31)39(28-15-13-27(14-16-28)34-11-5-9-26-7-3-4-10-33(26)34)35-20-18-32(42(46,47)48)24-38(35)40(36)30-17-12-25-6-1-2-8-29(25)22-30;43-41(44,45)31-19-21-36-37(23-31)39(28-15-12-26(13-16-28)30-17-14-25-6-1-2-8-29(25)22-30)35-20-18-32(42(46,47)48)24-38(35)40(36)34-11-5-9-27-7-3-4-10-33(27)34/h3*1-24H. The summed E-state index contributed by atoms with van der Waals surface area (Å²) in [4.78, 5) is 0. The van der Waals surface area contributed by atoms with Gasteiger partial charge in [-0.2, -0.15) is 79.0 Å². The second kappa shape index (κ2) is 35.7. The molecule has 0 N–H and O–H groups in total. The van der Waals surface area contributed by atoms with E-state index in [4.69, 9.17) is 0 Å². The van der Waals surface area contributed by atoms with Crippen molar-refractivity contribution in [2.24, 2.45) is 0 Å². The number of alkyl halides is 18. The van der Waals surface area contributed by atoms with E-state index >= 15 is 0 Å². The summed E-state index contributed by atoms with van der Waals surface area (Å²) in [5.74, 6) is 0. The summed E-state index contributed by atoms with van der Waals surface area (Å²) < 4.78 is 256. The lowest BCUT2D eigenvalue weighted by molar-refractivity contribution is -0.138. The van der Waals surface area contributed by atoms with Gasteiger partial charge in [0.2, 0.25) is 0 Å². The van der Waals surface area contributed by atoms with E-state index in [1.165, 1.54) is 36.4 Å². The van der Waals surface area contributed by atoms with Gasteiger partial charge in [0.1, 0.15) is 0 Å². The van der Waals surface area contributed by atoms with Gasteiger partial charge in [0, 0.05) is 0 Å². The Hall–Kier alpha value is -16.9. The smallest absolute Gasteiger partial charge is 0.166 e. The maximum atomic E-state index is 14.2. The minimum Gasteiger partial charge on any atom is -0.166 e. The third-order valence-corrected chi connectivity index (χ3v) is 27.3. The molecule has 144 heavy (non-hydrogen) atoms. The van der Waals surface area contributed by atoms with Gasteiger partial charge in [0.05, 0.1) is 33.4 Å². The van der Waals surface area contributed by atoms with Gasteiger partial charge in [0.25, 0.3) is 0 Å². The fourth-order valence-corrected chi connectivity index (χ4v) is 20.6. The van der Waals surface area contributed by atoms with E-state index in [9.17, 15) is 79.0 Å². The van der Waals surface area contributed by atoms with Crippen LogP contribution in [0.4, 0.5) is 79.0 Å². The molecule has 0 radical (unpaired) electrons. The van der Waals surface area contributed by atoms with Crippen LogP contribution in [0, 0.1) is 0 Å². The Balaban J connectivity index is 0.000000123. The molecule has 0 unspecified atom stereocenters. The lowest BCUT2D eigenvalue weighted by Gasteiger charge is -2.21. The van der Waals surface area contributed by atoms with E-state index in [2.05, 4.69) is 6.07 Å². The molecule has 0 atom stereocenters. The summed E-state index contributed by atoms with van der Waals surface area (Å²) in [5, 5.41) is 15.9. The number of fused-ring (bicyclic) bond motifs is 12. The summed E-state index contributed by atoms with van der Waals surface area (Å²) in [5.41, 5.74) is 7.02. The molecular weight excluding hydrogens is 1860 g/mol. The first-order valence-corrected chi connectivity index (χ1v) is 46.0. The SMILES string of the molecule is FC(F)(F)c1ccc2c(-c3ccc4ccccc4c3)c3cc(C(F)(F)F)ccc3c(-c3ccc(-c4cccc5ccccc45)cc3)c2c1.FC(F)(F)c1ccc2c(-c3cccc4ccccc34)c3cc(C(F)(F)F)ccc3c(-c3ccc(-c4ccc5ccccc5c4)cc3)c2c1.FC(F)(F)c1ccc2c(-c3cccc4ccccc34)c3cc(C(F)(F)F)ccc3c(-c3ccc(-c4cccc5ccccc45)cc3)c2c1. The molecule has 0 nitrogen and oxygen atoms in total. The van der Waals surface area contributed by atoms with Gasteiger partial charge in [-0.05, 0) is 314 Å². The molecule has 0 aliphatic rings. The maximum Gasteiger partial charge on any atom is 0.416 e. The number of halogens is 18. The Morgan fingerprint density at radius 3 is 0.583 bits per heavy atom. The van der Waals surface area contributed by atoms with E-state index in [0.717, 1.165) is 171 Å². The molecule has 0 spiro atoms. The number of rotatable bonds is 9. The van der Waals surface area contributed by atoms with E-state index in [1.54, 1.807) is 0 Å². The second-order valence-electron chi connectivity index (χ2n) is 35.8. The van der Waals surface area contributed by atoms with E-state index in [-0.39, 0.29) is 0 Å². The molecule has 18 heteroatoms. The molecule has 0 bridgehead atoms. The quantitative estimate of drug-likeness (QED) is 0.0998. The zero-order valence-electron chi connectivity index (χ0n) is 75.4. The van der Waals surface area contributed by atoms with Crippen LogP contribution >= 0.6 is 0 Å². The fraction of sp³-hybridized carbons (Fsp3) is 0.0476. The first kappa shape index (κ1) is 92.2. The van der Waals surface area contributed by atoms with Crippen molar-refractivity contribution >= 4 is 129 Å². The largest absolute Gasteiger partial charge is 0.416 e. The van der Waals surface area contributed by atoms with Gasteiger partial charge in [-0.1, -0.05) is 352 Å². The van der Waals surface area contributed by atoms with Crippen LogP contribution in [0.15, 0.2) is 437 Å². The van der Waals surface area contributed by atoms with Crippen molar-refractivity contribution in [1.29, 1.82) is 0 Å². The van der Waals surface area contributed by atoms with Crippen LogP contribution in [0.2, 0.25) is 0 Å². The maximum absolute atomic E-state index is 14.2. The second-order valence-corrected chi connectivity index (χ2v) is 35.8. The van der Waals surface area contributed by atoms with Crippen molar-refractivity contribution in [3.63, 3.8) is 0 Å².